The van der Waals surface area contributed by atoms with E-state index in [1.54, 1.807) is 11.0 Å². The predicted octanol–water partition coefficient (Wildman–Crippen LogP) is 3.41. The number of rotatable bonds is 3. The minimum Gasteiger partial charge on any atom is -0.454 e. The van der Waals surface area contributed by atoms with Gasteiger partial charge in [0.2, 0.25) is 12.7 Å². The summed E-state index contributed by atoms with van der Waals surface area (Å²) < 4.78 is 10.6. The second kappa shape index (κ2) is 5.96. The highest BCUT2D eigenvalue weighted by Gasteiger charge is 2.39. The highest BCUT2D eigenvalue weighted by molar-refractivity contribution is 8.00. The van der Waals surface area contributed by atoms with Crippen molar-refractivity contribution in [3.63, 3.8) is 0 Å². The van der Waals surface area contributed by atoms with Gasteiger partial charge in [-0.2, -0.15) is 0 Å². The van der Waals surface area contributed by atoms with Crippen LogP contribution in [0.15, 0.2) is 36.4 Å². The van der Waals surface area contributed by atoms with Crippen LogP contribution >= 0.6 is 11.8 Å². The molecule has 0 N–H and O–H groups in total. The first-order valence-corrected chi connectivity index (χ1v) is 8.68. The number of anilines is 1. The molecular weight excluding hydrogens is 344 g/mol. The van der Waals surface area contributed by atoms with Crippen LogP contribution in [-0.2, 0) is 4.79 Å². The molecule has 0 bridgehead atoms. The molecule has 2 heterocycles. The minimum absolute atomic E-state index is 0.0360. The molecule has 4 rings (SSSR count). The molecular formula is C17H14N2O5S. The summed E-state index contributed by atoms with van der Waals surface area (Å²) in [5.74, 6) is 1.01. The van der Waals surface area contributed by atoms with Gasteiger partial charge in [-0.15, -0.1) is 11.8 Å². The lowest BCUT2D eigenvalue weighted by atomic mass is 10.1. The van der Waals surface area contributed by atoms with E-state index in [0.717, 1.165) is 11.3 Å². The largest absolute Gasteiger partial charge is 0.454 e. The standard InChI is InChI=1S/C17H14N2O5S/c1-10-3-2-4-11(5-10)18-16(20)8-25-17(18)12-6-14-15(24-9-23-14)7-13(12)19(21)22/h2-7,17H,8-9H2,1H3/t17-/m1/s1. The fraction of sp³-hybridized carbons (Fsp3) is 0.235. The van der Waals surface area contributed by atoms with E-state index < -0.39 is 10.3 Å². The summed E-state index contributed by atoms with van der Waals surface area (Å²) in [7, 11) is 0. The third-order valence-corrected chi connectivity index (χ3v) is 5.33. The van der Waals surface area contributed by atoms with Crippen molar-refractivity contribution in [2.24, 2.45) is 0 Å². The molecule has 0 unspecified atom stereocenters. The molecule has 1 saturated heterocycles. The summed E-state index contributed by atoms with van der Waals surface area (Å²) in [4.78, 5) is 25.2. The van der Waals surface area contributed by atoms with E-state index >= 15 is 0 Å². The zero-order valence-corrected chi connectivity index (χ0v) is 14.1. The van der Waals surface area contributed by atoms with Crippen molar-refractivity contribution in [3.05, 3.63) is 57.6 Å². The highest BCUT2D eigenvalue weighted by Crippen LogP contribution is 2.48. The normalized spacial score (nSPS) is 18.7. The number of ether oxygens (including phenoxy) is 2. The Morgan fingerprint density at radius 2 is 2.00 bits per heavy atom. The lowest BCUT2D eigenvalue weighted by Crippen LogP contribution is -2.28. The van der Waals surface area contributed by atoms with Gasteiger partial charge in [0.25, 0.3) is 5.69 Å². The Morgan fingerprint density at radius 3 is 2.72 bits per heavy atom. The Balaban J connectivity index is 1.83. The van der Waals surface area contributed by atoms with Crippen molar-refractivity contribution in [2.75, 3.05) is 17.4 Å². The van der Waals surface area contributed by atoms with E-state index in [2.05, 4.69) is 0 Å². The zero-order valence-electron chi connectivity index (χ0n) is 13.3. The molecule has 128 valence electrons. The molecule has 25 heavy (non-hydrogen) atoms. The Morgan fingerprint density at radius 1 is 1.24 bits per heavy atom. The van der Waals surface area contributed by atoms with Crippen LogP contribution < -0.4 is 14.4 Å². The number of nitro groups is 1. The molecule has 7 nitrogen and oxygen atoms in total. The molecule has 0 saturated carbocycles. The van der Waals surface area contributed by atoms with Crippen molar-refractivity contribution >= 4 is 29.0 Å². The first kappa shape index (κ1) is 15.8. The monoisotopic (exact) mass is 358 g/mol. The number of hydrogen-bond donors (Lipinski definition) is 0. The number of fused-ring (bicyclic) bond motifs is 1. The summed E-state index contributed by atoms with van der Waals surface area (Å²) in [5.41, 5.74) is 2.11. The number of nitrogens with zero attached hydrogens (tertiary/aromatic N) is 2. The van der Waals surface area contributed by atoms with E-state index in [1.807, 2.05) is 31.2 Å². The van der Waals surface area contributed by atoms with Crippen LogP contribution in [0.3, 0.4) is 0 Å². The van der Waals surface area contributed by atoms with Crippen LogP contribution in [0.4, 0.5) is 11.4 Å². The Kier molecular flexibility index (Phi) is 3.76. The fourth-order valence-electron chi connectivity index (χ4n) is 3.01. The van der Waals surface area contributed by atoms with Crippen LogP contribution in [0.2, 0.25) is 0 Å². The summed E-state index contributed by atoms with van der Waals surface area (Å²) in [6, 6.07) is 10.5. The van der Waals surface area contributed by atoms with E-state index in [9.17, 15) is 14.9 Å². The van der Waals surface area contributed by atoms with Crippen molar-refractivity contribution in [2.45, 2.75) is 12.3 Å². The van der Waals surface area contributed by atoms with Gasteiger partial charge < -0.3 is 9.47 Å². The maximum atomic E-state index is 12.5. The topological polar surface area (TPSA) is 81.9 Å². The number of nitro benzene ring substituents is 1. The van der Waals surface area contributed by atoms with Crippen LogP contribution in [0, 0.1) is 17.0 Å². The first-order chi connectivity index (χ1) is 12.0. The van der Waals surface area contributed by atoms with Gasteiger partial charge in [-0.05, 0) is 30.7 Å². The second-order valence-electron chi connectivity index (χ2n) is 5.79. The number of carbonyl (C=O) groups is 1. The Hall–Kier alpha value is -2.74. The average molecular weight is 358 g/mol. The lowest BCUT2D eigenvalue weighted by molar-refractivity contribution is -0.385. The number of aryl methyl sites for hydroxylation is 1. The summed E-state index contributed by atoms with van der Waals surface area (Å²) in [6.07, 6.45) is 0. The van der Waals surface area contributed by atoms with Crippen molar-refractivity contribution in [1.82, 2.24) is 0 Å². The third-order valence-electron chi connectivity index (χ3n) is 4.13. The molecule has 2 aromatic rings. The third kappa shape index (κ3) is 2.68. The van der Waals surface area contributed by atoms with Gasteiger partial charge in [0.05, 0.1) is 22.3 Å². The highest BCUT2D eigenvalue weighted by atomic mass is 32.2. The zero-order chi connectivity index (χ0) is 17.6. The number of benzene rings is 2. The molecule has 2 aliphatic heterocycles. The van der Waals surface area contributed by atoms with Gasteiger partial charge in [-0.3, -0.25) is 19.8 Å². The maximum absolute atomic E-state index is 12.5. The summed E-state index contributed by atoms with van der Waals surface area (Å²) in [5, 5.41) is 11.1. The fourth-order valence-corrected chi connectivity index (χ4v) is 4.21. The molecule has 1 fully saturated rings. The van der Waals surface area contributed by atoms with Gasteiger partial charge in [-0.1, -0.05) is 12.1 Å². The quantitative estimate of drug-likeness (QED) is 0.618. The van der Waals surface area contributed by atoms with E-state index in [1.165, 1.54) is 17.8 Å². The summed E-state index contributed by atoms with van der Waals surface area (Å²) >= 11 is 1.36. The van der Waals surface area contributed by atoms with Crippen molar-refractivity contribution in [3.8, 4) is 11.5 Å². The average Bonchev–Trinajstić information content (AvgIpc) is 3.19. The molecule has 0 aliphatic carbocycles. The van der Waals surface area contributed by atoms with Gasteiger partial charge in [-0.25, -0.2) is 0 Å². The van der Waals surface area contributed by atoms with Gasteiger partial charge in [0.15, 0.2) is 11.5 Å². The smallest absolute Gasteiger partial charge is 0.279 e. The number of thioether (sulfide) groups is 1. The first-order valence-electron chi connectivity index (χ1n) is 7.63. The molecule has 1 amide bonds. The van der Waals surface area contributed by atoms with Gasteiger partial charge in [0, 0.05) is 5.69 Å². The molecule has 0 radical (unpaired) electrons. The molecule has 8 heteroatoms. The van der Waals surface area contributed by atoms with E-state index in [4.69, 9.17) is 9.47 Å². The molecule has 2 aliphatic rings. The second-order valence-corrected chi connectivity index (χ2v) is 6.86. The van der Waals surface area contributed by atoms with Crippen molar-refractivity contribution in [1.29, 1.82) is 0 Å². The SMILES string of the molecule is Cc1cccc(N2C(=O)CS[C@@H]2c2cc3c(cc2[N+](=O)[O-])OCO3)c1. The summed E-state index contributed by atoms with van der Waals surface area (Å²) in [6.45, 7) is 1.98. The van der Waals surface area contributed by atoms with Gasteiger partial charge in [0.1, 0.15) is 5.37 Å². The number of carbonyl (C=O) groups excluding carboxylic acids is 1. The predicted molar refractivity (Wildman–Crippen MR) is 93.1 cm³/mol. The Bertz CT molecular complexity index is 885. The molecule has 0 aromatic heterocycles. The van der Waals surface area contributed by atoms with E-state index in [-0.39, 0.29) is 24.1 Å². The van der Waals surface area contributed by atoms with Crippen molar-refractivity contribution < 1.29 is 19.2 Å². The minimum atomic E-state index is -0.482. The lowest BCUT2D eigenvalue weighted by Gasteiger charge is -2.24. The Labute approximate surface area is 147 Å². The van der Waals surface area contributed by atoms with Crippen LogP contribution in [0.25, 0.3) is 0 Å². The number of amides is 1. The van der Waals surface area contributed by atoms with Crippen LogP contribution in [0.1, 0.15) is 16.5 Å². The number of hydrogen-bond acceptors (Lipinski definition) is 6. The maximum Gasteiger partial charge on any atom is 0.279 e. The molecule has 2 aromatic carbocycles. The van der Waals surface area contributed by atoms with Gasteiger partial charge >= 0.3 is 0 Å². The van der Waals surface area contributed by atoms with Crippen LogP contribution in [-0.4, -0.2) is 23.4 Å². The molecule has 0 spiro atoms. The van der Waals surface area contributed by atoms with Crippen LogP contribution in [0.5, 0.6) is 11.5 Å². The van der Waals surface area contributed by atoms with E-state index in [0.29, 0.717) is 17.1 Å². The molecule has 1 atom stereocenters.